The van der Waals surface area contributed by atoms with Crippen molar-refractivity contribution < 1.29 is 9.47 Å². The van der Waals surface area contributed by atoms with Crippen LogP contribution in [0.15, 0.2) is 35.4 Å². The van der Waals surface area contributed by atoms with Crippen molar-refractivity contribution in [1.82, 2.24) is 0 Å². The fraction of sp³-hybridized carbons (Fsp3) is 0.708. The van der Waals surface area contributed by atoms with Crippen molar-refractivity contribution in [3.63, 3.8) is 0 Å². The quantitative estimate of drug-likeness (QED) is 0.295. The molecule has 0 spiro atoms. The Labute approximate surface area is 191 Å². The molecule has 4 rings (SSSR count). The van der Waals surface area contributed by atoms with E-state index in [1.54, 1.807) is 16.8 Å². The van der Waals surface area contributed by atoms with E-state index in [4.69, 9.17) is 21.2 Å². The zero-order valence-electron chi connectivity index (χ0n) is 18.5. The van der Waals surface area contributed by atoms with Gasteiger partial charge < -0.3 is 15.3 Å². The van der Waals surface area contributed by atoms with E-state index >= 15 is 0 Å². The number of benzene rings is 1. The summed E-state index contributed by atoms with van der Waals surface area (Å²) >= 11 is 1.68. The number of nitrogens with zero attached hydrogens (tertiary/aromatic N) is 2. The van der Waals surface area contributed by atoms with Crippen LogP contribution in [-0.4, -0.2) is 30.4 Å². The van der Waals surface area contributed by atoms with Crippen molar-refractivity contribution in [1.29, 1.82) is 0 Å². The summed E-state index contributed by atoms with van der Waals surface area (Å²) in [7, 11) is 0. The number of hydrazine groups is 1. The van der Waals surface area contributed by atoms with Gasteiger partial charge in [0.1, 0.15) is 0 Å². The normalized spacial score (nSPS) is 30.8. The number of rotatable bonds is 5. The Bertz CT molecular complexity index is 682. The van der Waals surface area contributed by atoms with Crippen molar-refractivity contribution in [3.8, 4) is 0 Å². The molecule has 0 bridgehead atoms. The Balaban J connectivity index is 1.17. The molecule has 6 nitrogen and oxygen atoms in total. The summed E-state index contributed by atoms with van der Waals surface area (Å²) in [5, 5.41) is 6.21. The zero-order valence-corrected chi connectivity index (χ0v) is 19.3. The third-order valence-electron chi connectivity index (χ3n) is 7.41. The van der Waals surface area contributed by atoms with Gasteiger partial charge in [-0.1, -0.05) is 30.0 Å². The summed E-state index contributed by atoms with van der Waals surface area (Å²) in [4.78, 5) is 0. The first kappa shape index (κ1) is 22.9. The minimum absolute atomic E-state index is 0.0684. The Morgan fingerprint density at radius 2 is 1.48 bits per heavy atom. The van der Waals surface area contributed by atoms with Crippen LogP contribution in [0.3, 0.4) is 0 Å². The van der Waals surface area contributed by atoms with Crippen LogP contribution in [0, 0.1) is 23.7 Å². The van der Waals surface area contributed by atoms with E-state index in [2.05, 4.69) is 5.10 Å². The van der Waals surface area contributed by atoms with Gasteiger partial charge in [-0.2, -0.15) is 5.10 Å². The lowest BCUT2D eigenvalue weighted by atomic mass is 9.69. The summed E-state index contributed by atoms with van der Waals surface area (Å²) in [6, 6.07) is 9.86. The second-order valence-electron chi connectivity index (χ2n) is 9.35. The lowest BCUT2D eigenvalue weighted by molar-refractivity contribution is -0.211. The fourth-order valence-electron chi connectivity index (χ4n) is 5.55. The van der Waals surface area contributed by atoms with Crippen LogP contribution < -0.4 is 16.7 Å². The number of ether oxygens (including phenoxy) is 2. The summed E-state index contributed by atoms with van der Waals surface area (Å²) in [5.74, 6) is 16.0. The highest BCUT2D eigenvalue weighted by molar-refractivity contribution is 8.14. The Morgan fingerprint density at radius 3 is 2.10 bits per heavy atom. The smallest absolute Gasteiger partial charge is 0.201 e. The van der Waals surface area contributed by atoms with Gasteiger partial charge in [-0.25, -0.2) is 5.84 Å². The molecule has 3 aliphatic rings. The average molecular weight is 447 g/mol. The topological polar surface area (TPSA) is 86.1 Å². The molecule has 31 heavy (non-hydrogen) atoms. The van der Waals surface area contributed by atoms with Gasteiger partial charge in [-0.15, -0.1) is 0 Å². The minimum Gasteiger partial charge on any atom is -0.352 e. The first-order chi connectivity index (χ1) is 15.2. The van der Waals surface area contributed by atoms with Gasteiger partial charge in [0.15, 0.2) is 6.29 Å². The summed E-state index contributed by atoms with van der Waals surface area (Å²) < 4.78 is 11.7. The number of anilines is 1. The number of hydrogen-bond donors (Lipinski definition) is 2. The highest BCUT2D eigenvalue weighted by Crippen LogP contribution is 2.43. The van der Waals surface area contributed by atoms with Gasteiger partial charge in [0.05, 0.1) is 18.9 Å². The predicted octanol–water partition coefficient (Wildman–Crippen LogP) is 4.71. The number of para-hydroxylation sites is 1. The second kappa shape index (κ2) is 11.5. The van der Waals surface area contributed by atoms with Gasteiger partial charge in [0.2, 0.25) is 5.17 Å². The molecular formula is C24H38N4O2S. The van der Waals surface area contributed by atoms with Crippen LogP contribution in [0.4, 0.5) is 5.69 Å². The zero-order chi connectivity index (χ0) is 21.5. The summed E-state index contributed by atoms with van der Waals surface area (Å²) in [6.45, 7) is 1.74. The van der Waals surface area contributed by atoms with Gasteiger partial charge in [0.25, 0.3) is 0 Å². The Morgan fingerprint density at radius 1 is 0.903 bits per heavy atom. The highest BCUT2D eigenvalue weighted by Gasteiger charge is 2.34. The van der Waals surface area contributed by atoms with Crippen LogP contribution in [0.2, 0.25) is 0 Å². The molecule has 1 aromatic rings. The molecule has 2 aliphatic carbocycles. The van der Waals surface area contributed by atoms with E-state index in [1.165, 1.54) is 51.4 Å². The maximum absolute atomic E-state index is 6.23. The molecule has 0 atom stereocenters. The largest absolute Gasteiger partial charge is 0.352 e. The maximum Gasteiger partial charge on any atom is 0.201 e. The first-order valence-electron chi connectivity index (χ1n) is 12.0. The molecule has 0 aromatic heterocycles. The minimum atomic E-state index is 0.0684. The molecule has 0 radical (unpaired) electrons. The number of nitrogens with two attached hydrogens (primary N) is 2. The van der Waals surface area contributed by atoms with Crippen molar-refractivity contribution in [3.05, 3.63) is 30.3 Å². The first-order valence-corrected chi connectivity index (χ1v) is 13.0. The average Bonchev–Trinajstić information content (AvgIpc) is 2.86. The maximum atomic E-state index is 6.23. The van der Waals surface area contributed by atoms with Gasteiger partial charge in [0, 0.05) is 11.7 Å². The molecule has 1 heterocycles. The van der Waals surface area contributed by atoms with Crippen LogP contribution in [-0.2, 0) is 9.47 Å². The van der Waals surface area contributed by atoms with Crippen molar-refractivity contribution in [2.45, 2.75) is 64.1 Å². The summed E-state index contributed by atoms with van der Waals surface area (Å²) in [5.41, 5.74) is 0.905. The molecule has 4 N–H and O–H groups in total. The number of hydrazone groups is 1. The highest BCUT2D eigenvalue weighted by atomic mass is 32.2. The molecule has 1 saturated heterocycles. The monoisotopic (exact) mass is 446 g/mol. The third-order valence-corrected chi connectivity index (χ3v) is 8.61. The van der Waals surface area contributed by atoms with Crippen molar-refractivity contribution >= 4 is 22.6 Å². The lowest BCUT2D eigenvalue weighted by Crippen LogP contribution is -2.37. The van der Waals surface area contributed by atoms with Crippen LogP contribution in [0.1, 0.15) is 57.8 Å². The van der Waals surface area contributed by atoms with E-state index in [0.717, 1.165) is 48.8 Å². The standard InChI is InChI=1S/C24H38N4O2S/c25-27-24(28(26)22-5-2-1-3-6-22)31-17-18-7-9-19(10-8-18)20-11-13-21(14-12-20)23-29-15-4-16-30-23/h1-3,5-6,18-21,23H,4,7-17,25-26H2/b27-24+. The molecule has 1 aromatic carbocycles. The van der Waals surface area contributed by atoms with Gasteiger partial charge in [-0.05, 0) is 87.7 Å². The van der Waals surface area contributed by atoms with E-state index in [9.17, 15) is 0 Å². The second-order valence-corrected chi connectivity index (χ2v) is 10.3. The van der Waals surface area contributed by atoms with Gasteiger partial charge in [-0.3, -0.25) is 5.01 Å². The predicted molar refractivity (Wildman–Crippen MR) is 128 cm³/mol. The molecule has 7 heteroatoms. The Hall–Kier alpha value is -1.28. The SMILES string of the molecule is N/N=C(/SCC1CCC(C2CCC(C3OCCCO3)CC2)CC1)N(N)c1ccccc1. The molecule has 0 unspecified atom stereocenters. The third kappa shape index (κ3) is 6.15. The van der Waals surface area contributed by atoms with Crippen molar-refractivity contribution in [2.75, 3.05) is 24.0 Å². The molecule has 3 fully saturated rings. The van der Waals surface area contributed by atoms with E-state index in [-0.39, 0.29) is 6.29 Å². The summed E-state index contributed by atoms with van der Waals surface area (Å²) in [6.07, 6.45) is 11.7. The Kier molecular flexibility index (Phi) is 8.53. The molecule has 172 valence electrons. The van der Waals surface area contributed by atoms with Crippen LogP contribution >= 0.6 is 11.8 Å². The van der Waals surface area contributed by atoms with E-state index in [0.29, 0.717) is 11.1 Å². The fourth-order valence-corrected chi connectivity index (χ4v) is 6.59. The number of thioether (sulfide) groups is 1. The molecule has 0 amide bonds. The van der Waals surface area contributed by atoms with Crippen molar-refractivity contribution in [2.24, 2.45) is 40.5 Å². The molecule has 1 aliphatic heterocycles. The van der Waals surface area contributed by atoms with Gasteiger partial charge >= 0.3 is 0 Å². The molecular weight excluding hydrogens is 408 g/mol. The van der Waals surface area contributed by atoms with E-state index in [1.807, 2.05) is 30.3 Å². The van der Waals surface area contributed by atoms with Crippen LogP contribution in [0.25, 0.3) is 0 Å². The lowest BCUT2D eigenvalue weighted by Gasteiger charge is -2.40. The van der Waals surface area contributed by atoms with Crippen LogP contribution in [0.5, 0.6) is 0 Å². The molecule has 2 saturated carbocycles. The number of amidine groups is 1. The number of hydrogen-bond acceptors (Lipinski definition) is 6. The van der Waals surface area contributed by atoms with E-state index < -0.39 is 0 Å².